The molecule has 0 saturated carbocycles. The van der Waals surface area contributed by atoms with E-state index in [1.807, 2.05) is 0 Å². The van der Waals surface area contributed by atoms with Gasteiger partial charge in [-0.2, -0.15) is 0 Å². The van der Waals surface area contributed by atoms with Crippen molar-refractivity contribution in [3.8, 4) is 0 Å². The summed E-state index contributed by atoms with van der Waals surface area (Å²) in [5.41, 5.74) is 0.369. The Kier molecular flexibility index (Phi) is 5.75. The van der Waals surface area contributed by atoms with Crippen molar-refractivity contribution in [2.45, 2.75) is 45.2 Å². The summed E-state index contributed by atoms with van der Waals surface area (Å²) < 4.78 is 4.81. The van der Waals surface area contributed by atoms with Gasteiger partial charge in [-0.25, -0.2) is 0 Å². The maximum Gasteiger partial charge on any atom is 0.262 e. The molecule has 1 fully saturated rings. The molecular formula is C21H27N3O5. The van der Waals surface area contributed by atoms with E-state index in [2.05, 4.69) is 5.32 Å². The molecule has 0 bridgehead atoms. The van der Waals surface area contributed by atoms with Crippen LogP contribution < -0.4 is 5.32 Å². The molecule has 3 rings (SSSR count). The first-order valence-corrected chi connectivity index (χ1v) is 9.74. The zero-order chi connectivity index (χ0) is 21.3. The molecule has 29 heavy (non-hydrogen) atoms. The predicted octanol–water partition coefficient (Wildman–Crippen LogP) is 1.45. The van der Waals surface area contributed by atoms with Crippen molar-refractivity contribution in [1.82, 2.24) is 15.1 Å². The first-order valence-electron chi connectivity index (χ1n) is 9.74. The Morgan fingerprint density at radius 1 is 1.10 bits per heavy atom. The van der Waals surface area contributed by atoms with Gasteiger partial charge in [0.25, 0.3) is 17.7 Å². The lowest BCUT2D eigenvalue weighted by atomic mass is 10.0. The normalized spacial score (nSPS) is 17.5. The van der Waals surface area contributed by atoms with E-state index in [9.17, 15) is 19.2 Å². The molecule has 1 N–H and O–H groups in total. The van der Waals surface area contributed by atoms with Crippen LogP contribution in [-0.2, 0) is 9.53 Å². The number of hydrogen-bond donors (Lipinski definition) is 1. The van der Waals surface area contributed by atoms with E-state index in [-0.39, 0.29) is 41.8 Å². The van der Waals surface area contributed by atoms with Crippen molar-refractivity contribution in [3.63, 3.8) is 0 Å². The Balaban J connectivity index is 1.69. The second kappa shape index (κ2) is 7.94. The minimum atomic E-state index is -0.632. The lowest BCUT2D eigenvalue weighted by Gasteiger charge is -2.32. The number of imide groups is 1. The Morgan fingerprint density at radius 2 is 1.72 bits per heavy atom. The van der Waals surface area contributed by atoms with E-state index in [4.69, 9.17) is 4.74 Å². The number of likely N-dealkylation sites (tertiary alicyclic amines) is 1. The summed E-state index contributed by atoms with van der Waals surface area (Å²) in [5, 5.41) is 2.89. The molecule has 1 saturated heterocycles. The van der Waals surface area contributed by atoms with Gasteiger partial charge in [0.15, 0.2) is 0 Å². The summed E-state index contributed by atoms with van der Waals surface area (Å²) in [4.78, 5) is 52.8. The number of rotatable bonds is 4. The maximum absolute atomic E-state index is 12.9. The third-order valence-corrected chi connectivity index (χ3v) is 5.23. The van der Waals surface area contributed by atoms with E-state index in [1.54, 1.807) is 37.8 Å². The molecular weight excluding hydrogens is 374 g/mol. The molecule has 0 aromatic heterocycles. The number of fused-ring (bicyclic) bond motifs is 1. The minimum Gasteiger partial charge on any atom is -0.375 e. The third kappa shape index (κ3) is 4.17. The molecule has 0 atom stereocenters. The lowest BCUT2D eigenvalue weighted by Crippen LogP contribution is -2.47. The summed E-state index contributed by atoms with van der Waals surface area (Å²) in [6, 6.07) is 4.70. The molecule has 1 aromatic carbocycles. The van der Waals surface area contributed by atoms with Gasteiger partial charge in [-0.15, -0.1) is 0 Å². The number of carbonyl (C=O) groups excluding carboxylic acids is 4. The number of benzene rings is 1. The fourth-order valence-corrected chi connectivity index (χ4v) is 3.79. The first-order chi connectivity index (χ1) is 13.6. The van der Waals surface area contributed by atoms with Crippen LogP contribution >= 0.6 is 0 Å². The van der Waals surface area contributed by atoms with Crippen LogP contribution in [0.3, 0.4) is 0 Å². The van der Waals surface area contributed by atoms with E-state index in [1.165, 1.54) is 18.1 Å². The number of ether oxygens (including phenoxy) is 1. The highest BCUT2D eigenvalue weighted by molar-refractivity contribution is 6.22. The summed E-state index contributed by atoms with van der Waals surface area (Å²) in [6.07, 6.45) is 1.31. The molecule has 4 amide bonds. The van der Waals surface area contributed by atoms with Crippen molar-refractivity contribution >= 4 is 23.6 Å². The van der Waals surface area contributed by atoms with Gasteiger partial charge >= 0.3 is 0 Å². The van der Waals surface area contributed by atoms with Crippen LogP contribution in [0.2, 0.25) is 0 Å². The van der Waals surface area contributed by atoms with E-state index >= 15 is 0 Å². The highest BCUT2D eigenvalue weighted by atomic mass is 16.5. The zero-order valence-corrected chi connectivity index (χ0v) is 17.3. The highest BCUT2D eigenvalue weighted by Crippen LogP contribution is 2.30. The molecule has 2 aliphatic heterocycles. The molecule has 0 radical (unpaired) electrons. The number of hydrogen-bond acceptors (Lipinski definition) is 5. The smallest absolute Gasteiger partial charge is 0.262 e. The SMILES string of the molecule is COCC(=O)NC1CCN(C(=O)c2ccc3c(c2)C(=O)N(C(C)(C)C)C3=O)CC1. The number of nitrogens with one attached hydrogen (secondary N) is 1. The summed E-state index contributed by atoms with van der Waals surface area (Å²) in [7, 11) is 1.47. The molecule has 0 spiro atoms. The summed E-state index contributed by atoms with van der Waals surface area (Å²) in [6.45, 7) is 6.44. The number of carbonyl (C=O) groups is 4. The number of methoxy groups -OCH3 is 1. The van der Waals surface area contributed by atoms with Crippen LogP contribution in [0.1, 0.15) is 64.7 Å². The van der Waals surface area contributed by atoms with Crippen LogP contribution in [0.25, 0.3) is 0 Å². The molecule has 2 heterocycles. The molecule has 156 valence electrons. The Bertz CT molecular complexity index is 850. The second-order valence-electron chi connectivity index (χ2n) is 8.44. The van der Waals surface area contributed by atoms with E-state index < -0.39 is 5.54 Å². The average molecular weight is 401 g/mol. The van der Waals surface area contributed by atoms with Crippen molar-refractivity contribution in [1.29, 1.82) is 0 Å². The fraction of sp³-hybridized carbons (Fsp3) is 0.524. The fourth-order valence-electron chi connectivity index (χ4n) is 3.79. The monoisotopic (exact) mass is 401 g/mol. The van der Waals surface area contributed by atoms with Gasteiger partial charge in [0.05, 0.1) is 11.1 Å². The maximum atomic E-state index is 12.9. The lowest BCUT2D eigenvalue weighted by molar-refractivity contribution is -0.125. The first kappa shape index (κ1) is 21.0. The Labute approximate surface area is 170 Å². The second-order valence-corrected chi connectivity index (χ2v) is 8.44. The zero-order valence-electron chi connectivity index (χ0n) is 17.3. The van der Waals surface area contributed by atoms with Gasteiger partial charge < -0.3 is 15.0 Å². The molecule has 8 nitrogen and oxygen atoms in total. The predicted molar refractivity (Wildman–Crippen MR) is 106 cm³/mol. The summed E-state index contributed by atoms with van der Waals surface area (Å²) in [5.74, 6) is -1.04. The van der Waals surface area contributed by atoms with Crippen molar-refractivity contribution in [3.05, 3.63) is 34.9 Å². The van der Waals surface area contributed by atoms with Gasteiger partial charge in [-0.1, -0.05) is 0 Å². The van der Waals surface area contributed by atoms with Crippen LogP contribution in [0.4, 0.5) is 0 Å². The number of amides is 4. The van der Waals surface area contributed by atoms with E-state index in [0.29, 0.717) is 37.1 Å². The molecule has 0 aliphatic carbocycles. The average Bonchev–Trinajstić information content (AvgIpc) is 2.92. The quantitative estimate of drug-likeness (QED) is 0.771. The molecule has 8 heteroatoms. The molecule has 2 aliphatic rings. The number of nitrogens with zero attached hydrogens (tertiary/aromatic N) is 2. The van der Waals surface area contributed by atoms with Crippen LogP contribution in [0, 0.1) is 0 Å². The molecule has 0 unspecified atom stereocenters. The van der Waals surface area contributed by atoms with E-state index in [0.717, 1.165) is 0 Å². The van der Waals surface area contributed by atoms with Crippen molar-refractivity contribution < 1.29 is 23.9 Å². The van der Waals surface area contributed by atoms with Gasteiger partial charge in [-0.3, -0.25) is 24.1 Å². The number of piperidine rings is 1. The topological polar surface area (TPSA) is 96.0 Å². The van der Waals surface area contributed by atoms with Crippen LogP contribution in [-0.4, -0.2) is 71.8 Å². The Hall–Kier alpha value is -2.74. The van der Waals surface area contributed by atoms with Gasteiger partial charge in [-0.05, 0) is 51.8 Å². The molecule has 1 aromatic rings. The largest absolute Gasteiger partial charge is 0.375 e. The Morgan fingerprint density at radius 3 is 2.31 bits per heavy atom. The highest BCUT2D eigenvalue weighted by Gasteiger charge is 2.42. The van der Waals surface area contributed by atoms with Gasteiger partial charge in [0.2, 0.25) is 5.91 Å². The van der Waals surface area contributed by atoms with Gasteiger partial charge in [0, 0.05) is 37.3 Å². The van der Waals surface area contributed by atoms with Crippen LogP contribution in [0.5, 0.6) is 0 Å². The van der Waals surface area contributed by atoms with Crippen molar-refractivity contribution in [2.75, 3.05) is 26.8 Å². The standard InChI is InChI=1S/C21H27N3O5/c1-21(2,3)24-19(27)15-6-5-13(11-16(15)20(24)28)18(26)23-9-7-14(8-10-23)22-17(25)12-29-4/h5-6,11,14H,7-10,12H2,1-4H3,(H,22,25). The van der Waals surface area contributed by atoms with Crippen LogP contribution in [0.15, 0.2) is 18.2 Å². The van der Waals surface area contributed by atoms with Gasteiger partial charge in [0.1, 0.15) is 6.61 Å². The third-order valence-electron chi connectivity index (χ3n) is 5.23. The summed E-state index contributed by atoms with van der Waals surface area (Å²) >= 11 is 0. The minimum absolute atomic E-state index is 0.0151. The van der Waals surface area contributed by atoms with Crippen molar-refractivity contribution in [2.24, 2.45) is 0 Å².